The van der Waals surface area contributed by atoms with Crippen LogP contribution < -0.4 is 5.32 Å². The molecule has 0 bridgehead atoms. The first-order valence-electron chi connectivity index (χ1n) is 7.12. The summed E-state index contributed by atoms with van der Waals surface area (Å²) in [6.07, 6.45) is 5.87. The van der Waals surface area contributed by atoms with Crippen LogP contribution in [0.4, 0.5) is 0 Å². The van der Waals surface area contributed by atoms with Gasteiger partial charge in [-0.05, 0) is 43.9 Å². The van der Waals surface area contributed by atoms with Gasteiger partial charge in [-0.2, -0.15) is 0 Å². The Balaban J connectivity index is 1.94. The van der Waals surface area contributed by atoms with Crippen LogP contribution in [0.15, 0.2) is 18.3 Å². The van der Waals surface area contributed by atoms with E-state index in [9.17, 15) is 5.11 Å². The largest absolute Gasteiger partial charge is 0.389 e. The van der Waals surface area contributed by atoms with Gasteiger partial charge in [-0.15, -0.1) is 0 Å². The third-order valence-electron chi connectivity index (χ3n) is 4.85. The van der Waals surface area contributed by atoms with E-state index >= 15 is 0 Å². The van der Waals surface area contributed by atoms with Crippen molar-refractivity contribution in [3.05, 3.63) is 29.6 Å². The van der Waals surface area contributed by atoms with Crippen LogP contribution in [0.3, 0.4) is 0 Å². The van der Waals surface area contributed by atoms with E-state index in [1.54, 1.807) is 0 Å². The normalized spacial score (nSPS) is 35.4. The maximum absolute atomic E-state index is 11.2. The fraction of sp³-hybridized carbons (Fsp3) is 0.667. The number of aromatic nitrogens is 1. The maximum Gasteiger partial charge on any atom is 0.0783 e. The van der Waals surface area contributed by atoms with Gasteiger partial charge in [0.2, 0.25) is 0 Å². The van der Waals surface area contributed by atoms with Crippen LogP contribution in [-0.2, 0) is 6.42 Å². The van der Waals surface area contributed by atoms with Crippen LogP contribution in [0.1, 0.15) is 43.4 Å². The molecule has 0 saturated carbocycles. The molecule has 3 nitrogen and oxygen atoms in total. The minimum atomic E-state index is -0.556. The van der Waals surface area contributed by atoms with Crippen LogP contribution in [0.5, 0.6) is 0 Å². The van der Waals surface area contributed by atoms with Gasteiger partial charge in [-0.3, -0.25) is 4.98 Å². The van der Waals surface area contributed by atoms with Crippen molar-refractivity contribution >= 4 is 0 Å². The minimum absolute atomic E-state index is 0.237. The van der Waals surface area contributed by atoms with Gasteiger partial charge in [-0.1, -0.05) is 13.0 Å². The lowest BCUT2D eigenvalue weighted by molar-refractivity contribution is -0.0652. The fourth-order valence-corrected chi connectivity index (χ4v) is 3.80. The molecule has 2 heterocycles. The Kier molecular flexibility index (Phi) is 3.12. The van der Waals surface area contributed by atoms with E-state index in [0.29, 0.717) is 5.92 Å². The molecule has 0 amide bonds. The number of fused-ring (bicyclic) bond motifs is 1. The zero-order chi connectivity index (χ0) is 12.6. The van der Waals surface area contributed by atoms with Crippen LogP contribution in [0.25, 0.3) is 0 Å². The summed E-state index contributed by atoms with van der Waals surface area (Å²) in [6, 6.07) is 4.17. The summed E-state index contributed by atoms with van der Waals surface area (Å²) >= 11 is 0. The molecule has 0 radical (unpaired) electrons. The summed E-state index contributed by atoms with van der Waals surface area (Å²) < 4.78 is 0. The van der Waals surface area contributed by atoms with Crippen LogP contribution >= 0.6 is 0 Å². The molecule has 2 N–H and O–H groups in total. The number of piperidine rings is 1. The van der Waals surface area contributed by atoms with Gasteiger partial charge in [-0.25, -0.2) is 0 Å². The number of hydrogen-bond donors (Lipinski definition) is 2. The number of nitrogens with zero attached hydrogens (tertiary/aromatic N) is 1. The summed E-state index contributed by atoms with van der Waals surface area (Å²) in [5, 5.41) is 14.6. The number of aliphatic hydroxyl groups is 1. The van der Waals surface area contributed by atoms with E-state index in [1.807, 2.05) is 12.3 Å². The second kappa shape index (κ2) is 4.63. The quantitative estimate of drug-likeness (QED) is 0.837. The topological polar surface area (TPSA) is 45.1 Å². The summed E-state index contributed by atoms with van der Waals surface area (Å²) in [4.78, 5) is 4.55. The molecule has 3 unspecified atom stereocenters. The molecule has 3 heteroatoms. The number of aryl methyl sites for hydroxylation is 1. The average molecular weight is 246 g/mol. The van der Waals surface area contributed by atoms with Crippen molar-refractivity contribution in [3.63, 3.8) is 0 Å². The summed E-state index contributed by atoms with van der Waals surface area (Å²) in [6.45, 7) is 4.04. The third kappa shape index (κ3) is 1.77. The Hall–Kier alpha value is -0.930. The highest BCUT2D eigenvalue weighted by molar-refractivity contribution is 5.32. The molecule has 1 saturated heterocycles. The van der Waals surface area contributed by atoms with Crippen LogP contribution in [0, 0.1) is 5.92 Å². The molecular formula is C15H22N2O. The summed E-state index contributed by atoms with van der Waals surface area (Å²) in [5.74, 6) is 0.588. The SMILES string of the molecule is CCC1CNCCC1(O)C1CCc2cccnc21. The molecule has 0 aromatic carbocycles. The Morgan fingerprint density at radius 1 is 1.56 bits per heavy atom. The lowest BCUT2D eigenvalue weighted by Gasteiger charge is -2.44. The Labute approximate surface area is 109 Å². The highest BCUT2D eigenvalue weighted by atomic mass is 16.3. The zero-order valence-corrected chi connectivity index (χ0v) is 11.0. The van der Waals surface area contributed by atoms with Gasteiger partial charge in [0.05, 0.1) is 5.60 Å². The van der Waals surface area contributed by atoms with Gasteiger partial charge < -0.3 is 10.4 Å². The first-order chi connectivity index (χ1) is 8.75. The van der Waals surface area contributed by atoms with Crippen molar-refractivity contribution in [3.8, 4) is 0 Å². The number of rotatable bonds is 2. The second-order valence-corrected chi connectivity index (χ2v) is 5.69. The van der Waals surface area contributed by atoms with E-state index in [0.717, 1.165) is 44.5 Å². The molecule has 3 rings (SSSR count). The number of hydrogen-bond acceptors (Lipinski definition) is 3. The van der Waals surface area contributed by atoms with Gasteiger partial charge in [0, 0.05) is 30.3 Å². The minimum Gasteiger partial charge on any atom is -0.389 e. The van der Waals surface area contributed by atoms with Crippen LogP contribution in [-0.4, -0.2) is 28.8 Å². The third-order valence-corrected chi connectivity index (χ3v) is 4.85. The predicted molar refractivity (Wildman–Crippen MR) is 71.5 cm³/mol. The first-order valence-corrected chi connectivity index (χ1v) is 7.12. The summed E-state index contributed by atoms with van der Waals surface area (Å²) in [5.41, 5.74) is 1.93. The van der Waals surface area contributed by atoms with Gasteiger partial charge >= 0.3 is 0 Å². The first kappa shape index (κ1) is 12.1. The summed E-state index contributed by atoms with van der Waals surface area (Å²) in [7, 11) is 0. The number of nitrogens with one attached hydrogen (secondary N) is 1. The Bertz CT molecular complexity index is 434. The molecule has 2 aliphatic rings. The maximum atomic E-state index is 11.2. The predicted octanol–water partition coefficient (Wildman–Crippen LogP) is 1.86. The van der Waals surface area contributed by atoms with Crippen LogP contribution in [0.2, 0.25) is 0 Å². The van der Waals surface area contributed by atoms with Crippen molar-refractivity contribution in [2.45, 2.75) is 44.1 Å². The van der Waals surface area contributed by atoms with Gasteiger partial charge in [0.15, 0.2) is 0 Å². The molecule has 1 aliphatic carbocycles. The van der Waals surface area contributed by atoms with E-state index in [4.69, 9.17) is 0 Å². The fourth-order valence-electron chi connectivity index (χ4n) is 3.80. The molecule has 1 fully saturated rings. The van der Waals surface area contributed by atoms with E-state index in [-0.39, 0.29) is 5.92 Å². The smallest absolute Gasteiger partial charge is 0.0783 e. The lowest BCUT2D eigenvalue weighted by atomic mass is 9.70. The molecular weight excluding hydrogens is 224 g/mol. The molecule has 98 valence electrons. The van der Waals surface area contributed by atoms with E-state index in [2.05, 4.69) is 23.3 Å². The van der Waals surface area contributed by atoms with Gasteiger partial charge in [0.25, 0.3) is 0 Å². The molecule has 0 spiro atoms. The standard InChI is InChI=1S/C15H22N2O/c1-2-12-10-16-9-7-15(12,18)13-6-5-11-4-3-8-17-14(11)13/h3-4,8,12-13,16,18H,2,5-7,9-10H2,1H3. The average Bonchev–Trinajstić information content (AvgIpc) is 2.83. The highest BCUT2D eigenvalue weighted by Crippen LogP contribution is 2.46. The van der Waals surface area contributed by atoms with E-state index < -0.39 is 5.60 Å². The monoisotopic (exact) mass is 246 g/mol. The van der Waals surface area contributed by atoms with Crippen molar-refractivity contribution in [1.29, 1.82) is 0 Å². The van der Waals surface area contributed by atoms with Crippen molar-refractivity contribution in [2.24, 2.45) is 5.92 Å². The second-order valence-electron chi connectivity index (χ2n) is 5.69. The van der Waals surface area contributed by atoms with Crippen molar-refractivity contribution in [1.82, 2.24) is 10.3 Å². The molecule has 3 atom stereocenters. The highest BCUT2D eigenvalue weighted by Gasteiger charge is 2.47. The van der Waals surface area contributed by atoms with Gasteiger partial charge in [0.1, 0.15) is 0 Å². The molecule has 1 aliphatic heterocycles. The molecule has 18 heavy (non-hydrogen) atoms. The number of pyridine rings is 1. The molecule has 1 aromatic rings. The zero-order valence-electron chi connectivity index (χ0n) is 11.0. The lowest BCUT2D eigenvalue weighted by Crippen LogP contribution is -2.53. The molecule has 1 aromatic heterocycles. The Morgan fingerprint density at radius 3 is 3.28 bits per heavy atom. The Morgan fingerprint density at radius 2 is 2.44 bits per heavy atom. The van der Waals surface area contributed by atoms with Crippen molar-refractivity contribution in [2.75, 3.05) is 13.1 Å². The van der Waals surface area contributed by atoms with Crippen molar-refractivity contribution < 1.29 is 5.11 Å². The van der Waals surface area contributed by atoms with E-state index in [1.165, 1.54) is 5.56 Å².